The highest BCUT2D eigenvalue weighted by atomic mass is 16.5. The highest BCUT2D eigenvalue weighted by Crippen LogP contribution is 2.33. The van der Waals surface area contributed by atoms with E-state index in [1.807, 2.05) is 31.2 Å². The molecule has 0 atom stereocenters. The maximum Gasteiger partial charge on any atom is 0.279 e. The zero-order valence-electron chi connectivity index (χ0n) is 17.3. The molecule has 160 valence electrons. The fourth-order valence-corrected chi connectivity index (χ4v) is 3.60. The standard InChI is InChI=1S/C22H20N8O2/c1-2-32-17-11-15(14-5-3-4-13(10-14)6-9-18-27-29-30-28-18)7-8-16(17)20-25-21-19(22(31)26-20)23-12-24-21/h3-5,7-8,10-12H,2,6,9H2,1H3,(H,27,28,29,30)(H2,23,24,25,26,31). The Kier molecular flexibility index (Phi) is 5.16. The van der Waals surface area contributed by atoms with Crippen molar-refractivity contribution in [1.82, 2.24) is 40.6 Å². The van der Waals surface area contributed by atoms with E-state index in [0.29, 0.717) is 29.4 Å². The molecule has 0 aliphatic heterocycles. The van der Waals surface area contributed by atoms with Crippen molar-refractivity contribution in [3.63, 3.8) is 0 Å². The molecule has 3 heterocycles. The zero-order valence-corrected chi connectivity index (χ0v) is 17.3. The Morgan fingerprint density at radius 1 is 1.06 bits per heavy atom. The van der Waals surface area contributed by atoms with E-state index in [9.17, 15) is 4.79 Å². The van der Waals surface area contributed by atoms with Gasteiger partial charge in [-0.05, 0) is 52.6 Å². The second kappa shape index (κ2) is 8.42. The number of ether oxygens (including phenoxy) is 1. The van der Waals surface area contributed by atoms with Crippen molar-refractivity contribution in [3.05, 3.63) is 70.5 Å². The maximum absolute atomic E-state index is 12.3. The predicted octanol–water partition coefficient (Wildman–Crippen LogP) is 2.68. The van der Waals surface area contributed by atoms with Crippen molar-refractivity contribution in [2.75, 3.05) is 6.61 Å². The van der Waals surface area contributed by atoms with Crippen LogP contribution in [0.15, 0.2) is 53.6 Å². The molecule has 10 heteroatoms. The highest BCUT2D eigenvalue weighted by molar-refractivity contribution is 5.77. The van der Waals surface area contributed by atoms with Crippen molar-refractivity contribution in [3.8, 4) is 28.3 Å². The normalized spacial score (nSPS) is 11.2. The van der Waals surface area contributed by atoms with Crippen LogP contribution in [0.4, 0.5) is 0 Å². The lowest BCUT2D eigenvalue weighted by atomic mass is 9.99. The van der Waals surface area contributed by atoms with Crippen LogP contribution in [-0.4, -0.2) is 47.2 Å². The fraction of sp³-hybridized carbons (Fsp3) is 0.182. The molecule has 0 saturated heterocycles. The summed E-state index contributed by atoms with van der Waals surface area (Å²) in [5, 5.41) is 13.9. The zero-order chi connectivity index (χ0) is 21.9. The number of H-pyrrole nitrogens is 3. The second-order valence-corrected chi connectivity index (χ2v) is 7.21. The number of nitrogens with one attached hydrogen (secondary N) is 3. The Hall–Kier alpha value is -4.34. The quantitative estimate of drug-likeness (QED) is 0.362. The number of aryl methyl sites for hydroxylation is 2. The third-order valence-electron chi connectivity index (χ3n) is 5.13. The molecule has 0 unspecified atom stereocenters. The summed E-state index contributed by atoms with van der Waals surface area (Å²) in [7, 11) is 0. The summed E-state index contributed by atoms with van der Waals surface area (Å²) >= 11 is 0. The summed E-state index contributed by atoms with van der Waals surface area (Å²) < 4.78 is 5.90. The summed E-state index contributed by atoms with van der Waals surface area (Å²) in [4.78, 5) is 26.5. The van der Waals surface area contributed by atoms with Gasteiger partial charge in [-0.2, -0.15) is 0 Å². The van der Waals surface area contributed by atoms with Crippen molar-refractivity contribution in [2.45, 2.75) is 19.8 Å². The minimum Gasteiger partial charge on any atom is -0.493 e. The Bertz CT molecular complexity index is 1420. The molecular weight excluding hydrogens is 408 g/mol. The SMILES string of the molecule is CCOc1cc(-c2cccc(CCc3nnn[nH]3)c2)ccc1-c1nc2[nH]cnc2c(=O)[nH]1. The van der Waals surface area contributed by atoms with Crippen molar-refractivity contribution < 1.29 is 4.74 Å². The van der Waals surface area contributed by atoms with Crippen LogP contribution in [0.3, 0.4) is 0 Å². The Labute approximate surface area is 182 Å². The number of benzene rings is 2. The molecule has 5 rings (SSSR count). The van der Waals surface area contributed by atoms with Gasteiger partial charge in [-0.15, -0.1) is 5.10 Å². The molecule has 0 aliphatic carbocycles. The van der Waals surface area contributed by atoms with Gasteiger partial charge in [0.15, 0.2) is 11.2 Å². The van der Waals surface area contributed by atoms with E-state index in [0.717, 1.165) is 29.8 Å². The van der Waals surface area contributed by atoms with Crippen LogP contribution in [0.25, 0.3) is 33.7 Å². The first-order valence-electron chi connectivity index (χ1n) is 10.2. The van der Waals surface area contributed by atoms with Crippen LogP contribution in [0, 0.1) is 0 Å². The molecule has 2 aromatic carbocycles. The average Bonchev–Trinajstić information content (AvgIpc) is 3.50. The van der Waals surface area contributed by atoms with Gasteiger partial charge in [0, 0.05) is 6.42 Å². The van der Waals surface area contributed by atoms with Gasteiger partial charge in [0.1, 0.15) is 17.4 Å². The third-order valence-corrected chi connectivity index (χ3v) is 5.13. The van der Waals surface area contributed by atoms with Gasteiger partial charge in [-0.25, -0.2) is 15.1 Å². The minimum absolute atomic E-state index is 0.279. The number of imidazole rings is 1. The van der Waals surface area contributed by atoms with Gasteiger partial charge in [-0.1, -0.05) is 30.3 Å². The first-order chi connectivity index (χ1) is 15.7. The third kappa shape index (κ3) is 3.85. The predicted molar refractivity (Wildman–Crippen MR) is 118 cm³/mol. The number of nitrogens with zero attached hydrogens (tertiary/aromatic N) is 5. The maximum atomic E-state index is 12.3. The first kappa shape index (κ1) is 19.6. The molecular formula is C22H20N8O2. The van der Waals surface area contributed by atoms with E-state index < -0.39 is 0 Å². The number of aromatic nitrogens is 8. The largest absolute Gasteiger partial charge is 0.493 e. The number of hydrogen-bond acceptors (Lipinski definition) is 7. The topological polar surface area (TPSA) is 138 Å². The Morgan fingerprint density at radius 2 is 1.97 bits per heavy atom. The molecule has 10 nitrogen and oxygen atoms in total. The van der Waals surface area contributed by atoms with E-state index in [4.69, 9.17) is 4.74 Å². The smallest absolute Gasteiger partial charge is 0.279 e. The summed E-state index contributed by atoms with van der Waals surface area (Å²) in [5.74, 6) is 1.83. The van der Waals surface area contributed by atoms with Crippen molar-refractivity contribution in [1.29, 1.82) is 0 Å². The summed E-state index contributed by atoms with van der Waals surface area (Å²) in [6, 6.07) is 14.2. The summed E-state index contributed by atoms with van der Waals surface area (Å²) in [6.45, 7) is 2.40. The van der Waals surface area contributed by atoms with E-state index in [1.165, 1.54) is 11.9 Å². The fourth-order valence-electron chi connectivity index (χ4n) is 3.60. The molecule has 3 N–H and O–H groups in total. The molecule has 0 bridgehead atoms. The van der Waals surface area contributed by atoms with Crippen LogP contribution in [0.2, 0.25) is 0 Å². The lowest BCUT2D eigenvalue weighted by Crippen LogP contribution is -2.10. The first-order valence-corrected chi connectivity index (χ1v) is 10.2. The Balaban J connectivity index is 1.48. The molecule has 3 aromatic heterocycles. The number of rotatable bonds is 7. The van der Waals surface area contributed by atoms with E-state index in [2.05, 4.69) is 58.8 Å². The number of hydrogen-bond donors (Lipinski definition) is 3. The molecule has 0 aliphatic rings. The number of aromatic amines is 3. The number of tetrazole rings is 1. The molecule has 0 amide bonds. The molecule has 0 spiro atoms. The van der Waals surface area contributed by atoms with Crippen molar-refractivity contribution in [2.24, 2.45) is 0 Å². The highest BCUT2D eigenvalue weighted by Gasteiger charge is 2.14. The molecule has 32 heavy (non-hydrogen) atoms. The van der Waals surface area contributed by atoms with E-state index in [-0.39, 0.29) is 11.1 Å². The molecule has 0 fully saturated rings. The van der Waals surface area contributed by atoms with Gasteiger partial charge in [0.2, 0.25) is 0 Å². The molecule has 0 saturated carbocycles. The van der Waals surface area contributed by atoms with Gasteiger partial charge >= 0.3 is 0 Å². The van der Waals surface area contributed by atoms with Crippen LogP contribution < -0.4 is 10.3 Å². The van der Waals surface area contributed by atoms with Gasteiger partial charge in [-0.3, -0.25) is 4.79 Å². The second-order valence-electron chi connectivity index (χ2n) is 7.21. The van der Waals surface area contributed by atoms with E-state index in [1.54, 1.807) is 0 Å². The van der Waals surface area contributed by atoms with Gasteiger partial charge in [0.05, 0.1) is 18.5 Å². The summed E-state index contributed by atoms with van der Waals surface area (Å²) in [6.07, 6.45) is 3.00. The lowest BCUT2D eigenvalue weighted by Gasteiger charge is -2.13. The minimum atomic E-state index is -0.299. The van der Waals surface area contributed by atoms with Gasteiger partial charge in [0.25, 0.3) is 5.56 Å². The van der Waals surface area contributed by atoms with Crippen LogP contribution in [-0.2, 0) is 12.8 Å². The molecule has 0 radical (unpaired) electrons. The van der Waals surface area contributed by atoms with Crippen LogP contribution in [0.5, 0.6) is 5.75 Å². The van der Waals surface area contributed by atoms with Gasteiger partial charge < -0.3 is 14.7 Å². The Morgan fingerprint density at radius 3 is 2.81 bits per heavy atom. The molecule has 5 aromatic rings. The monoisotopic (exact) mass is 428 g/mol. The van der Waals surface area contributed by atoms with Crippen LogP contribution >= 0.6 is 0 Å². The summed E-state index contributed by atoms with van der Waals surface area (Å²) in [5.41, 5.74) is 4.37. The van der Waals surface area contributed by atoms with Crippen molar-refractivity contribution >= 4 is 11.2 Å². The average molecular weight is 428 g/mol. The van der Waals surface area contributed by atoms with E-state index >= 15 is 0 Å². The van der Waals surface area contributed by atoms with Crippen LogP contribution in [0.1, 0.15) is 18.3 Å². The lowest BCUT2D eigenvalue weighted by molar-refractivity contribution is 0.341. The number of fused-ring (bicyclic) bond motifs is 1.